The second-order valence-corrected chi connectivity index (χ2v) is 7.07. The number of hydrogen-bond donors (Lipinski definition) is 2. The van der Waals surface area contributed by atoms with Gasteiger partial charge in [0.2, 0.25) is 5.91 Å². The molecule has 2 amide bonds. The zero-order chi connectivity index (χ0) is 21.8. The fourth-order valence-electron chi connectivity index (χ4n) is 3.24. The molecule has 0 unspecified atom stereocenters. The van der Waals surface area contributed by atoms with Crippen LogP contribution >= 0.6 is 0 Å². The molecule has 0 fully saturated rings. The number of aromatic hydroxyl groups is 1. The van der Waals surface area contributed by atoms with Crippen molar-refractivity contribution in [2.75, 3.05) is 16.8 Å². The summed E-state index contributed by atoms with van der Waals surface area (Å²) in [7, 11) is 0. The Hall–Kier alpha value is -4.26. The zero-order valence-corrected chi connectivity index (χ0v) is 16.8. The summed E-state index contributed by atoms with van der Waals surface area (Å²) in [5.74, 6) is -0.653. The monoisotopic (exact) mass is 412 g/mol. The molecule has 0 aliphatic carbocycles. The predicted molar refractivity (Wildman–Crippen MR) is 121 cm³/mol. The van der Waals surface area contributed by atoms with Gasteiger partial charge >= 0.3 is 0 Å². The first-order valence-corrected chi connectivity index (χ1v) is 9.70. The number of benzene rings is 3. The van der Waals surface area contributed by atoms with E-state index in [-0.39, 0.29) is 23.9 Å². The van der Waals surface area contributed by atoms with Crippen molar-refractivity contribution in [2.24, 2.45) is 10.2 Å². The summed E-state index contributed by atoms with van der Waals surface area (Å²) in [6.45, 7) is 1.82. The van der Waals surface area contributed by atoms with Crippen LogP contribution in [0.1, 0.15) is 16.7 Å². The fraction of sp³-hybridized carbons (Fsp3) is 0.0833. The minimum atomic E-state index is -0.408. The van der Waals surface area contributed by atoms with Crippen molar-refractivity contribution in [1.29, 1.82) is 0 Å². The first kappa shape index (κ1) is 20.0. The van der Waals surface area contributed by atoms with Gasteiger partial charge in [0.05, 0.1) is 11.9 Å². The van der Waals surface area contributed by atoms with E-state index in [1.165, 1.54) is 11.1 Å². The molecular formula is C24H20N4O3. The Morgan fingerprint density at radius 1 is 1.03 bits per heavy atom. The largest absolute Gasteiger partial charge is 0.507 e. The van der Waals surface area contributed by atoms with Gasteiger partial charge in [0.1, 0.15) is 12.3 Å². The molecule has 3 aromatic rings. The molecule has 1 aliphatic rings. The average molecular weight is 412 g/mol. The number of para-hydroxylation sites is 2. The third-order valence-corrected chi connectivity index (χ3v) is 4.83. The number of phenols is 1. The number of aryl methyl sites for hydroxylation is 1. The Bertz CT molecular complexity index is 1200. The summed E-state index contributed by atoms with van der Waals surface area (Å²) in [4.78, 5) is 26.9. The van der Waals surface area contributed by atoms with E-state index in [2.05, 4.69) is 15.5 Å². The van der Waals surface area contributed by atoms with E-state index in [1.807, 2.05) is 31.2 Å². The first-order valence-electron chi connectivity index (χ1n) is 9.70. The highest BCUT2D eigenvalue weighted by Crippen LogP contribution is 2.29. The predicted octanol–water partition coefficient (Wildman–Crippen LogP) is 3.51. The van der Waals surface area contributed by atoms with Crippen LogP contribution in [0.3, 0.4) is 0 Å². The van der Waals surface area contributed by atoms with Gasteiger partial charge in [-0.25, -0.2) is 0 Å². The Kier molecular flexibility index (Phi) is 5.57. The number of carbonyl (C=O) groups excluding carboxylic acids is 2. The zero-order valence-electron chi connectivity index (χ0n) is 16.8. The second-order valence-electron chi connectivity index (χ2n) is 7.07. The molecule has 0 bridgehead atoms. The number of phenolic OH excluding ortho intramolecular Hbond substituents is 1. The summed E-state index contributed by atoms with van der Waals surface area (Å²) in [5, 5.41) is 20.7. The number of fused-ring (bicyclic) bond motifs is 1. The minimum Gasteiger partial charge on any atom is -0.507 e. The van der Waals surface area contributed by atoms with Crippen LogP contribution in [0.2, 0.25) is 0 Å². The van der Waals surface area contributed by atoms with Crippen molar-refractivity contribution in [2.45, 2.75) is 6.92 Å². The number of carbonyl (C=O) groups is 2. The molecule has 0 spiro atoms. The molecule has 0 atom stereocenters. The van der Waals surface area contributed by atoms with Crippen LogP contribution in [-0.4, -0.2) is 35.4 Å². The average Bonchev–Trinajstić information content (AvgIpc) is 3.02. The van der Waals surface area contributed by atoms with Crippen LogP contribution in [0.4, 0.5) is 11.4 Å². The van der Waals surface area contributed by atoms with Gasteiger partial charge in [-0.15, -0.1) is 5.10 Å². The Morgan fingerprint density at radius 3 is 2.52 bits per heavy atom. The number of nitrogens with one attached hydrogen (secondary N) is 1. The number of amides is 2. The molecule has 4 rings (SSSR count). The van der Waals surface area contributed by atoms with Gasteiger partial charge in [-0.3, -0.25) is 14.5 Å². The van der Waals surface area contributed by atoms with Gasteiger partial charge in [0, 0.05) is 16.8 Å². The molecule has 3 aromatic carbocycles. The molecule has 0 saturated heterocycles. The fourth-order valence-corrected chi connectivity index (χ4v) is 3.24. The SMILES string of the molecule is Cc1ccc(NC(=O)CN2C(=O)C(=N/N=C/c3ccccc3O)c3ccccc32)cc1. The van der Waals surface area contributed by atoms with E-state index in [1.54, 1.807) is 48.5 Å². The molecular weight excluding hydrogens is 392 g/mol. The lowest BCUT2D eigenvalue weighted by molar-refractivity contribution is -0.118. The van der Waals surface area contributed by atoms with Gasteiger partial charge in [0.15, 0.2) is 5.71 Å². The molecule has 0 aromatic heterocycles. The van der Waals surface area contributed by atoms with Crippen molar-refractivity contribution in [3.05, 3.63) is 89.5 Å². The van der Waals surface area contributed by atoms with Crippen molar-refractivity contribution in [1.82, 2.24) is 0 Å². The molecule has 7 heteroatoms. The van der Waals surface area contributed by atoms with Crippen LogP contribution in [0.15, 0.2) is 83.0 Å². The lowest BCUT2D eigenvalue weighted by atomic mass is 10.1. The number of anilines is 2. The van der Waals surface area contributed by atoms with Crippen LogP contribution < -0.4 is 10.2 Å². The molecule has 1 heterocycles. The molecule has 0 saturated carbocycles. The summed E-state index contributed by atoms with van der Waals surface area (Å²) < 4.78 is 0. The van der Waals surface area contributed by atoms with E-state index in [4.69, 9.17) is 0 Å². The minimum absolute atomic E-state index is 0.0685. The standard InChI is InChI=1S/C24H20N4O3/c1-16-10-12-18(13-11-16)26-22(30)15-28-20-8-4-3-7-19(20)23(24(28)31)27-25-14-17-6-2-5-9-21(17)29/h2-14,29H,15H2,1H3,(H,26,30)/b25-14+,27-23?. The van der Waals surface area contributed by atoms with Gasteiger partial charge in [0.25, 0.3) is 5.91 Å². The molecule has 1 aliphatic heterocycles. The first-order chi connectivity index (χ1) is 15.0. The highest BCUT2D eigenvalue weighted by molar-refractivity contribution is 6.54. The maximum atomic E-state index is 13.0. The maximum Gasteiger partial charge on any atom is 0.279 e. The maximum absolute atomic E-state index is 13.0. The molecule has 7 nitrogen and oxygen atoms in total. The normalized spacial score (nSPS) is 14.3. The number of hydrogen-bond acceptors (Lipinski definition) is 5. The third-order valence-electron chi connectivity index (χ3n) is 4.83. The molecule has 2 N–H and O–H groups in total. The van der Waals surface area contributed by atoms with Crippen molar-refractivity contribution in [3.63, 3.8) is 0 Å². The van der Waals surface area contributed by atoms with E-state index >= 15 is 0 Å². The Balaban J connectivity index is 1.55. The quantitative estimate of drug-likeness (QED) is 0.496. The summed E-state index contributed by atoms with van der Waals surface area (Å²) in [6.07, 6.45) is 1.38. The van der Waals surface area contributed by atoms with E-state index in [9.17, 15) is 14.7 Å². The van der Waals surface area contributed by atoms with Gasteiger partial charge in [-0.1, -0.05) is 48.0 Å². The number of rotatable bonds is 5. The lowest BCUT2D eigenvalue weighted by Crippen LogP contribution is -2.37. The summed E-state index contributed by atoms with van der Waals surface area (Å²) in [5.41, 5.74) is 3.59. The van der Waals surface area contributed by atoms with E-state index in [0.717, 1.165) is 5.56 Å². The van der Waals surface area contributed by atoms with Gasteiger partial charge in [-0.2, -0.15) is 5.10 Å². The van der Waals surface area contributed by atoms with Crippen LogP contribution in [0, 0.1) is 6.92 Å². The van der Waals surface area contributed by atoms with Gasteiger partial charge < -0.3 is 10.4 Å². The van der Waals surface area contributed by atoms with Crippen LogP contribution in [0.5, 0.6) is 5.75 Å². The molecule has 0 radical (unpaired) electrons. The third kappa shape index (κ3) is 4.35. The van der Waals surface area contributed by atoms with Crippen molar-refractivity contribution < 1.29 is 14.7 Å². The van der Waals surface area contributed by atoms with E-state index < -0.39 is 5.91 Å². The number of nitrogens with zero attached hydrogens (tertiary/aromatic N) is 3. The van der Waals surface area contributed by atoms with Crippen LogP contribution in [-0.2, 0) is 9.59 Å². The van der Waals surface area contributed by atoms with Crippen molar-refractivity contribution >= 4 is 35.1 Å². The highest BCUT2D eigenvalue weighted by atomic mass is 16.3. The highest BCUT2D eigenvalue weighted by Gasteiger charge is 2.35. The van der Waals surface area contributed by atoms with Gasteiger partial charge in [-0.05, 0) is 37.3 Å². The topological polar surface area (TPSA) is 94.4 Å². The summed E-state index contributed by atoms with van der Waals surface area (Å²) >= 11 is 0. The van der Waals surface area contributed by atoms with E-state index in [0.29, 0.717) is 22.5 Å². The Morgan fingerprint density at radius 2 is 1.74 bits per heavy atom. The summed E-state index contributed by atoms with van der Waals surface area (Å²) in [6, 6.07) is 21.2. The Labute approximate surface area is 179 Å². The smallest absolute Gasteiger partial charge is 0.279 e. The second kappa shape index (κ2) is 8.62. The van der Waals surface area contributed by atoms with Crippen LogP contribution in [0.25, 0.3) is 0 Å². The van der Waals surface area contributed by atoms with Crippen molar-refractivity contribution in [3.8, 4) is 5.75 Å². The lowest BCUT2D eigenvalue weighted by Gasteiger charge is -2.16. The molecule has 154 valence electrons. The molecule has 31 heavy (non-hydrogen) atoms.